The minimum atomic E-state index is -5.08. The SMILES string of the molecule is CCOc1cc(C(Nc2ccc3c(N)nccc3c2)C(=O)N2CCC(C(=O)O)C2c2ccccc2)ccc1OC(C)C.O=C(O)C(F)(F)F. The number of carbonyl (C=O) groups is 3. The maximum absolute atomic E-state index is 14.5. The van der Waals surface area contributed by atoms with Crippen molar-refractivity contribution in [2.75, 3.05) is 24.2 Å². The predicted octanol–water partition coefficient (Wildman–Crippen LogP) is 6.46. The minimum Gasteiger partial charge on any atom is -0.490 e. The van der Waals surface area contributed by atoms with Crippen molar-refractivity contribution in [3.8, 4) is 11.5 Å². The third kappa shape index (κ3) is 8.89. The Labute approximate surface area is 280 Å². The number of amides is 1. The fraction of sp³-hybridized carbons (Fsp3) is 0.314. The summed E-state index contributed by atoms with van der Waals surface area (Å²) < 4.78 is 43.6. The Morgan fingerprint density at radius 2 is 1.71 bits per heavy atom. The molecule has 1 fully saturated rings. The van der Waals surface area contributed by atoms with Crippen LogP contribution in [0.3, 0.4) is 0 Å². The number of nitrogens with one attached hydrogen (secondary N) is 1. The molecule has 3 unspecified atom stereocenters. The molecule has 3 atom stereocenters. The summed E-state index contributed by atoms with van der Waals surface area (Å²) in [5, 5.41) is 22.3. The van der Waals surface area contributed by atoms with Gasteiger partial charge in [0.25, 0.3) is 0 Å². The number of aliphatic carboxylic acids is 2. The normalized spacial score (nSPS) is 16.4. The first-order valence-corrected chi connectivity index (χ1v) is 15.4. The number of carboxylic acid groups (broad SMARTS) is 2. The van der Waals surface area contributed by atoms with E-state index >= 15 is 0 Å². The molecule has 1 aromatic heterocycles. The first-order valence-electron chi connectivity index (χ1n) is 15.4. The molecule has 1 saturated heterocycles. The van der Waals surface area contributed by atoms with E-state index in [0.717, 1.165) is 16.3 Å². The number of rotatable bonds is 10. The van der Waals surface area contributed by atoms with Crippen molar-refractivity contribution in [3.05, 3.63) is 90.1 Å². The van der Waals surface area contributed by atoms with Crippen LogP contribution in [0.2, 0.25) is 0 Å². The smallest absolute Gasteiger partial charge is 0.490 e. The van der Waals surface area contributed by atoms with Crippen molar-refractivity contribution < 1.29 is 47.2 Å². The molecule has 0 bridgehead atoms. The highest BCUT2D eigenvalue weighted by Gasteiger charge is 2.44. The molecule has 14 heteroatoms. The number of carbonyl (C=O) groups excluding carboxylic acids is 1. The van der Waals surface area contributed by atoms with Gasteiger partial charge in [0.1, 0.15) is 11.9 Å². The van der Waals surface area contributed by atoms with Crippen LogP contribution in [0.4, 0.5) is 24.7 Å². The van der Waals surface area contributed by atoms with Crippen molar-refractivity contribution in [1.29, 1.82) is 0 Å². The van der Waals surface area contributed by atoms with E-state index in [-0.39, 0.29) is 12.0 Å². The number of fused-ring (bicyclic) bond motifs is 1. The molecule has 1 aliphatic rings. The van der Waals surface area contributed by atoms with Gasteiger partial charge >= 0.3 is 18.1 Å². The van der Waals surface area contributed by atoms with E-state index in [1.807, 2.05) is 93.6 Å². The molecule has 11 nitrogen and oxygen atoms in total. The van der Waals surface area contributed by atoms with Crippen molar-refractivity contribution in [2.45, 2.75) is 51.6 Å². The van der Waals surface area contributed by atoms with Gasteiger partial charge in [0, 0.05) is 23.8 Å². The van der Waals surface area contributed by atoms with Crippen LogP contribution in [0.15, 0.2) is 79.0 Å². The predicted molar refractivity (Wildman–Crippen MR) is 176 cm³/mol. The topological polar surface area (TPSA) is 164 Å². The van der Waals surface area contributed by atoms with Gasteiger partial charge in [0.2, 0.25) is 5.91 Å². The van der Waals surface area contributed by atoms with E-state index in [1.165, 1.54) is 0 Å². The maximum atomic E-state index is 14.5. The Morgan fingerprint density at radius 3 is 2.33 bits per heavy atom. The van der Waals surface area contributed by atoms with Crippen LogP contribution < -0.4 is 20.5 Å². The van der Waals surface area contributed by atoms with Crippen LogP contribution >= 0.6 is 0 Å². The van der Waals surface area contributed by atoms with E-state index in [1.54, 1.807) is 11.1 Å². The van der Waals surface area contributed by atoms with E-state index < -0.39 is 36.1 Å². The molecular formula is C35H37F3N4O7. The number of ether oxygens (including phenoxy) is 2. The third-order valence-corrected chi connectivity index (χ3v) is 7.70. The number of nitrogen functional groups attached to an aromatic ring is 1. The summed E-state index contributed by atoms with van der Waals surface area (Å²) in [6, 6.07) is 20.9. The first kappa shape index (κ1) is 36.3. The second kappa shape index (κ2) is 15.6. The third-order valence-electron chi connectivity index (χ3n) is 7.70. The molecule has 2 heterocycles. The van der Waals surface area contributed by atoms with E-state index in [0.29, 0.717) is 48.1 Å². The van der Waals surface area contributed by atoms with Gasteiger partial charge in [-0.25, -0.2) is 9.78 Å². The Morgan fingerprint density at radius 1 is 1.02 bits per heavy atom. The van der Waals surface area contributed by atoms with Crippen LogP contribution in [-0.4, -0.2) is 63.4 Å². The molecule has 5 rings (SSSR count). The second-order valence-corrected chi connectivity index (χ2v) is 11.4. The zero-order chi connectivity index (χ0) is 35.9. The van der Waals surface area contributed by atoms with Gasteiger partial charge in [-0.3, -0.25) is 9.59 Å². The zero-order valence-corrected chi connectivity index (χ0v) is 27.0. The van der Waals surface area contributed by atoms with Gasteiger partial charge in [0.05, 0.1) is 24.7 Å². The number of anilines is 2. The summed E-state index contributed by atoms with van der Waals surface area (Å²) in [6.07, 6.45) is -3.14. The first-order chi connectivity index (χ1) is 23.2. The fourth-order valence-corrected chi connectivity index (χ4v) is 5.60. The number of aromatic nitrogens is 1. The van der Waals surface area contributed by atoms with E-state index in [9.17, 15) is 27.9 Å². The van der Waals surface area contributed by atoms with E-state index in [4.69, 9.17) is 25.1 Å². The molecule has 3 aromatic carbocycles. The Bertz CT molecular complexity index is 1790. The fourth-order valence-electron chi connectivity index (χ4n) is 5.60. The average Bonchev–Trinajstić information content (AvgIpc) is 3.50. The largest absolute Gasteiger partial charge is 0.490 e. The van der Waals surface area contributed by atoms with Crippen LogP contribution in [0.1, 0.15) is 50.4 Å². The number of pyridine rings is 1. The molecule has 0 radical (unpaired) electrons. The molecule has 5 N–H and O–H groups in total. The van der Waals surface area contributed by atoms with Gasteiger partial charge in [-0.2, -0.15) is 13.2 Å². The molecule has 0 spiro atoms. The molecule has 260 valence electrons. The van der Waals surface area contributed by atoms with Crippen molar-refractivity contribution >= 4 is 40.1 Å². The number of carboxylic acids is 2. The highest BCUT2D eigenvalue weighted by molar-refractivity contribution is 5.94. The number of halogens is 3. The van der Waals surface area contributed by atoms with Crippen LogP contribution in [0, 0.1) is 5.92 Å². The summed E-state index contributed by atoms with van der Waals surface area (Å²) in [5.74, 6) is -3.08. The number of hydrogen-bond acceptors (Lipinski definition) is 8. The second-order valence-electron chi connectivity index (χ2n) is 11.4. The van der Waals surface area contributed by atoms with Gasteiger partial charge in [-0.15, -0.1) is 0 Å². The molecular weight excluding hydrogens is 645 g/mol. The summed E-state index contributed by atoms with van der Waals surface area (Å²) in [4.78, 5) is 41.5. The summed E-state index contributed by atoms with van der Waals surface area (Å²) >= 11 is 0. The Kier molecular flexibility index (Phi) is 11.5. The molecule has 0 saturated carbocycles. The van der Waals surface area contributed by atoms with Gasteiger partial charge in [-0.05, 0) is 80.1 Å². The van der Waals surface area contributed by atoms with Crippen molar-refractivity contribution in [2.24, 2.45) is 5.92 Å². The summed E-state index contributed by atoms with van der Waals surface area (Å²) in [6.45, 7) is 6.51. The molecule has 4 aromatic rings. The van der Waals surface area contributed by atoms with Gasteiger partial charge in [0.15, 0.2) is 11.5 Å². The van der Waals surface area contributed by atoms with E-state index in [2.05, 4.69) is 10.3 Å². The number of nitrogens with two attached hydrogens (primary N) is 1. The van der Waals surface area contributed by atoms with Gasteiger partial charge in [-0.1, -0.05) is 36.4 Å². The summed E-state index contributed by atoms with van der Waals surface area (Å²) in [7, 11) is 0. The van der Waals surface area contributed by atoms with Crippen molar-refractivity contribution in [3.63, 3.8) is 0 Å². The monoisotopic (exact) mass is 682 g/mol. The zero-order valence-electron chi connectivity index (χ0n) is 27.0. The van der Waals surface area contributed by atoms with Crippen LogP contribution in [0.5, 0.6) is 11.5 Å². The molecule has 49 heavy (non-hydrogen) atoms. The molecule has 0 aliphatic carbocycles. The number of benzene rings is 3. The molecule has 1 amide bonds. The Balaban J connectivity index is 0.000000698. The quantitative estimate of drug-likeness (QED) is 0.146. The van der Waals surface area contributed by atoms with Crippen LogP contribution in [0.25, 0.3) is 10.8 Å². The van der Waals surface area contributed by atoms with Crippen molar-refractivity contribution in [1.82, 2.24) is 9.88 Å². The lowest BCUT2D eigenvalue weighted by Crippen LogP contribution is -2.39. The summed E-state index contributed by atoms with van der Waals surface area (Å²) in [5.41, 5.74) is 8.23. The highest BCUT2D eigenvalue weighted by Crippen LogP contribution is 2.41. The number of alkyl halides is 3. The number of hydrogen-bond donors (Lipinski definition) is 4. The average molecular weight is 683 g/mol. The number of likely N-dealkylation sites (tertiary alicyclic amines) is 1. The lowest BCUT2D eigenvalue weighted by Gasteiger charge is -2.32. The number of nitrogens with zero attached hydrogens (tertiary/aromatic N) is 2. The van der Waals surface area contributed by atoms with Gasteiger partial charge < -0.3 is 35.6 Å². The maximum Gasteiger partial charge on any atom is 0.490 e. The lowest BCUT2D eigenvalue weighted by molar-refractivity contribution is -0.192. The lowest BCUT2D eigenvalue weighted by atomic mass is 9.93. The van der Waals surface area contributed by atoms with Crippen LogP contribution in [-0.2, 0) is 14.4 Å². The Hall–Kier alpha value is -5.53. The molecule has 1 aliphatic heterocycles. The standard InChI is InChI=1S/C33H36N4O5.C2HF3O2/c1-4-41-28-19-23(10-13-27(28)42-20(2)3)29(36-24-11-12-25-22(18-24)14-16-35-31(25)34)32(38)37-17-15-26(33(39)40)30(37)21-8-6-5-7-9-21;3-2(4,5)1(6)7/h5-14,16,18-20,26,29-30,36H,4,15,17H2,1-3H3,(H2,34,35)(H,39,40);(H,6,7). The highest BCUT2D eigenvalue weighted by atomic mass is 19.4. The minimum absolute atomic E-state index is 0.0608.